The lowest BCUT2D eigenvalue weighted by atomic mass is 9.89. The molecule has 104 valence electrons. The number of carboxylic acids is 1. The quantitative estimate of drug-likeness (QED) is 0.793. The average Bonchev–Trinajstić information content (AvgIpc) is 2.86. The summed E-state index contributed by atoms with van der Waals surface area (Å²) in [5, 5.41) is 16.0. The largest absolute Gasteiger partial charge is 0.477 e. The Hall–Kier alpha value is -1.56. The van der Waals surface area contributed by atoms with E-state index in [1.54, 1.807) is 11.4 Å². The molecular weight excluding hydrogens is 264 g/mol. The summed E-state index contributed by atoms with van der Waals surface area (Å²) in [5.41, 5.74) is 0.360. The van der Waals surface area contributed by atoms with Crippen molar-refractivity contribution in [2.75, 3.05) is 11.9 Å². The molecular formula is C13H18N2O3S. The molecule has 0 unspecified atom stereocenters. The standard InChI is InChI=1S/C13H18N2O3S/c16-12(17)11-10(6-7-19-11)15-13(18)14-8-9-4-2-1-3-5-9/h6-7,9H,1-5,8H2,(H,16,17)(H2,14,15,18). The maximum absolute atomic E-state index is 11.7. The number of carbonyl (C=O) groups is 2. The molecule has 0 spiro atoms. The Labute approximate surface area is 116 Å². The van der Waals surface area contributed by atoms with Gasteiger partial charge in [0, 0.05) is 6.54 Å². The molecule has 1 heterocycles. The van der Waals surface area contributed by atoms with Crippen LogP contribution in [0, 0.1) is 5.92 Å². The minimum absolute atomic E-state index is 0.160. The van der Waals surface area contributed by atoms with E-state index in [1.165, 1.54) is 32.1 Å². The first-order valence-electron chi connectivity index (χ1n) is 6.52. The van der Waals surface area contributed by atoms with E-state index in [9.17, 15) is 9.59 Å². The van der Waals surface area contributed by atoms with Gasteiger partial charge < -0.3 is 15.7 Å². The molecule has 1 aromatic heterocycles. The van der Waals surface area contributed by atoms with Crippen molar-refractivity contribution in [2.24, 2.45) is 5.92 Å². The van der Waals surface area contributed by atoms with Crippen molar-refractivity contribution in [2.45, 2.75) is 32.1 Å². The van der Waals surface area contributed by atoms with Gasteiger partial charge in [-0.1, -0.05) is 19.3 Å². The summed E-state index contributed by atoms with van der Waals surface area (Å²) in [4.78, 5) is 22.8. The van der Waals surface area contributed by atoms with Crippen LogP contribution in [0.5, 0.6) is 0 Å². The van der Waals surface area contributed by atoms with Crippen LogP contribution in [-0.4, -0.2) is 23.7 Å². The third-order valence-corrected chi connectivity index (χ3v) is 4.29. The molecule has 0 aromatic carbocycles. The van der Waals surface area contributed by atoms with Crippen molar-refractivity contribution in [3.63, 3.8) is 0 Å². The first-order chi connectivity index (χ1) is 9.16. The number of carbonyl (C=O) groups excluding carboxylic acids is 1. The second-order valence-electron chi connectivity index (χ2n) is 4.81. The van der Waals surface area contributed by atoms with Gasteiger partial charge in [-0.15, -0.1) is 11.3 Å². The van der Waals surface area contributed by atoms with Crippen LogP contribution in [0.1, 0.15) is 41.8 Å². The average molecular weight is 282 g/mol. The molecule has 0 radical (unpaired) electrons. The molecule has 0 saturated heterocycles. The van der Waals surface area contributed by atoms with Crippen LogP contribution in [0.4, 0.5) is 10.5 Å². The highest BCUT2D eigenvalue weighted by Gasteiger charge is 2.16. The molecule has 1 aromatic rings. The van der Waals surface area contributed by atoms with Crippen LogP contribution in [0.2, 0.25) is 0 Å². The SMILES string of the molecule is O=C(NCC1CCCCC1)Nc1ccsc1C(=O)O. The molecule has 0 bridgehead atoms. The minimum atomic E-state index is -1.02. The number of urea groups is 1. The Balaban J connectivity index is 1.80. The van der Waals surface area contributed by atoms with E-state index in [2.05, 4.69) is 10.6 Å². The number of amides is 2. The number of carboxylic acid groups (broad SMARTS) is 1. The Kier molecular flexibility index (Phi) is 4.79. The zero-order valence-corrected chi connectivity index (χ0v) is 11.5. The normalized spacial score (nSPS) is 16.0. The fourth-order valence-electron chi connectivity index (χ4n) is 2.37. The van der Waals surface area contributed by atoms with E-state index in [0.29, 0.717) is 18.2 Å². The van der Waals surface area contributed by atoms with E-state index in [1.807, 2.05) is 0 Å². The monoisotopic (exact) mass is 282 g/mol. The Bertz CT molecular complexity index is 452. The summed E-state index contributed by atoms with van der Waals surface area (Å²) in [6.45, 7) is 0.665. The molecule has 5 nitrogen and oxygen atoms in total. The second-order valence-corrected chi connectivity index (χ2v) is 5.72. The van der Waals surface area contributed by atoms with Crippen LogP contribution in [0.3, 0.4) is 0 Å². The van der Waals surface area contributed by atoms with Gasteiger partial charge in [0.05, 0.1) is 5.69 Å². The molecule has 19 heavy (non-hydrogen) atoms. The van der Waals surface area contributed by atoms with Crippen molar-refractivity contribution in [1.29, 1.82) is 0 Å². The van der Waals surface area contributed by atoms with E-state index in [4.69, 9.17) is 5.11 Å². The van der Waals surface area contributed by atoms with Crippen LogP contribution in [0.25, 0.3) is 0 Å². The van der Waals surface area contributed by atoms with Gasteiger partial charge in [-0.05, 0) is 30.2 Å². The predicted molar refractivity (Wildman–Crippen MR) is 74.9 cm³/mol. The Morgan fingerprint density at radius 2 is 2.05 bits per heavy atom. The van der Waals surface area contributed by atoms with Crippen LogP contribution >= 0.6 is 11.3 Å². The van der Waals surface area contributed by atoms with Gasteiger partial charge in [0.1, 0.15) is 4.88 Å². The van der Waals surface area contributed by atoms with E-state index in [0.717, 1.165) is 11.3 Å². The molecule has 1 aliphatic carbocycles. The molecule has 1 fully saturated rings. The first-order valence-corrected chi connectivity index (χ1v) is 7.40. The van der Waals surface area contributed by atoms with Crippen molar-refractivity contribution < 1.29 is 14.7 Å². The molecule has 6 heteroatoms. The lowest BCUT2D eigenvalue weighted by Gasteiger charge is -2.21. The van der Waals surface area contributed by atoms with Gasteiger partial charge in [0.15, 0.2) is 0 Å². The predicted octanol–water partition coefficient (Wildman–Crippen LogP) is 3.15. The smallest absolute Gasteiger partial charge is 0.348 e. The molecule has 1 aliphatic rings. The van der Waals surface area contributed by atoms with Gasteiger partial charge in [0.2, 0.25) is 0 Å². The summed E-state index contributed by atoms with van der Waals surface area (Å²) in [6, 6.07) is 1.28. The summed E-state index contributed by atoms with van der Waals surface area (Å²) in [7, 11) is 0. The summed E-state index contributed by atoms with van der Waals surface area (Å²) >= 11 is 1.10. The Morgan fingerprint density at radius 1 is 1.32 bits per heavy atom. The van der Waals surface area contributed by atoms with Crippen molar-refractivity contribution in [1.82, 2.24) is 5.32 Å². The summed E-state index contributed by atoms with van der Waals surface area (Å²) < 4.78 is 0. The summed E-state index contributed by atoms with van der Waals surface area (Å²) in [6.07, 6.45) is 6.10. The highest BCUT2D eigenvalue weighted by atomic mass is 32.1. The number of hydrogen-bond donors (Lipinski definition) is 3. The van der Waals surface area contributed by atoms with Crippen molar-refractivity contribution in [3.05, 3.63) is 16.3 Å². The van der Waals surface area contributed by atoms with Crippen LogP contribution in [0.15, 0.2) is 11.4 Å². The number of thiophene rings is 1. The highest BCUT2D eigenvalue weighted by Crippen LogP contribution is 2.23. The van der Waals surface area contributed by atoms with Crippen LogP contribution in [-0.2, 0) is 0 Å². The molecule has 2 amide bonds. The number of hydrogen-bond acceptors (Lipinski definition) is 3. The topological polar surface area (TPSA) is 78.4 Å². The van der Waals surface area contributed by atoms with E-state index < -0.39 is 5.97 Å². The zero-order valence-electron chi connectivity index (χ0n) is 10.6. The molecule has 0 atom stereocenters. The van der Waals surface area contributed by atoms with Gasteiger partial charge in [0.25, 0.3) is 0 Å². The maximum atomic E-state index is 11.7. The number of anilines is 1. The van der Waals surface area contributed by atoms with Gasteiger partial charge in [-0.3, -0.25) is 0 Å². The van der Waals surface area contributed by atoms with Crippen molar-refractivity contribution >= 4 is 29.0 Å². The number of rotatable bonds is 4. The fourth-order valence-corrected chi connectivity index (χ4v) is 3.06. The van der Waals surface area contributed by atoms with Gasteiger partial charge in [-0.25, -0.2) is 9.59 Å². The molecule has 2 rings (SSSR count). The zero-order chi connectivity index (χ0) is 13.7. The van der Waals surface area contributed by atoms with Gasteiger partial charge >= 0.3 is 12.0 Å². The minimum Gasteiger partial charge on any atom is -0.477 e. The fraction of sp³-hybridized carbons (Fsp3) is 0.538. The number of aromatic carboxylic acids is 1. The Morgan fingerprint density at radius 3 is 2.74 bits per heavy atom. The highest BCUT2D eigenvalue weighted by molar-refractivity contribution is 7.12. The van der Waals surface area contributed by atoms with Crippen molar-refractivity contribution in [3.8, 4) is 0 Å². The molecule has 3 N–H and O–H groups in total. The van der Waals surface area contributed by atoms with E-state index in [-0.39, 0.29) is 10.9 Å². The maximum Gasteiger partial charge on any atom is 0.348 e. The van der Waals surface area contributed by atoms with Crippen LogP contribution < -0.4 is 10.6 Å². The third-order valence-electron chi connectivity index (χ3n) is 3.38. The molecule has 0 aliphatic heterocycles. The lowest BCUT2D eigenvalue weighted by Crippen LogP contribution is -2.33. The van der Waals surface area contributed by atoms with Gasteiger partial charge in [-0.2, -0.15) is 0 Å². The lowest BCUT2D eigenvalue weighted by molar-refractivity contribution is 0.0703. The summed E-state index contributed by atoms with van der Waals surface area (Å²) in [5.74, 6) is -0.460. The first kappa shape index (κ1) is 13.9. The number of nitrogens with one attached hydrogen (secondary N) is 2. The molecule has 1 saturated carbocycles. The van der Waals surface area contributed by atoms with E-state index >= 15 is 0 Å². The third kappa shape index (κ3) is 3.96. The second kappa shape index (κ2) is 6.56.